The van der Waals surface area contributed by atoms with Gasteiger partial charge in [0.25, 0.3) is 0 Å². The van der Waals surface area contributed by atoms with Crippen molar-refractivity contribution in [2.24, 2.45) is 5.92 Å². The van der Waals surface area contributed by atoms with Crippen molar-refractivity contribution in [3.63, 3.8) is 0 Å². The average Bonchev–Trinajstić information content (AvgIpc) is 2.94. The third-order valence-corrected chi connectivity index (χ3v) is 4.39. The number of halogens is 3. The minimum Gasteiger partial charge on any atom is -0.324 e. The van der Waals surface area contributed by atoms with Crippen molar-refractivity contribution >= 4 is 46.4 Å². The first-order chi connectivity index (χ1) is 11.4. The van der Waals surface area contributed by atoms with E-state index in [0.29, 0.717) is 21.4 Å². The summed E-state index contributed by atoms with van der Waals surface area (Å²) in [4.78, 5) is 26.0. The number of hydrogen-bond acceptors (Lipinski definition) is 2. The maximum Gasteiger partial charge on any atom is 0.229 e. The SMILES string of the molecule is O=C(Nc1cc(Cl)ccc1Cl)C1CC(=O)N(c2ccc(F)cc2)C1. The van der Waals surface area contributed by atoms with Gasteiger partial charge in [0, 0.05) is 23.7 Å². The number of amides is 2. The van der Waals surface area contributed by atoms with Gasteiger partial charge in [-0.05, 0) is 42.5 Å². The van der Waals surface area contributed by atoms with E-state index in [9.17, 15) is 14.0 Å². The van der Waals surface area contributed by atoms with E-state index in [1.54, 1.807) is 18.2 Å². The van der Waals surface area contributed by atoms with E-state index >= 15 is 0 Å². The highest BCUT2D eigenvalue weighted by molar-refractivity contribution is 6.35. The Hall–Kier alpha value is -2.11. The molecule has 0 saturated carbocycles. The van der Waals surface area contributed by atoms with E-state index in [4.69, 9.17) is 23.2 Å². The van der Waals surface area contributed by atoms with Crippen molar-refractivity contribution in [1.29, 1.82) is 0 Å². The predicted octanol–water partition coefficient (Wildman–Crippen LogP) is 4.12. The Morgan fingerprint density at radius 1 is 1.17 bits per heavy atom. The van der Waals surface area contributed by atoms with E-state index in [2.05, 4.69) is 5.32 Å². The Balaban J connectivity index is 1.72. The molecular weight excluding hydrogens is 354 g/mol. The average molecular weight is 367 g/mol. The lowest BCUT2D eigenvalue weighted by molar-refractivity contribution is -0.122. The molecule has 0 aliphatic carbocycles. The summed E-state index contributed by atoms with van der Waals surface area (Å²) >= 11 is 11.9. The molecule has 1 heterocycles. The molecule has 24 heavy (non-hydrogen) atoms. The third kappa shape index (κ3) is 3.52. The molecule has 0 spiro atoms. The molecule has 1 atom stereocenters. The molecule has 2 aromatic rings. The number of nitrogens with zero attached hydrogens (tertiary/aromatic N) is 1. The van der Waals surface area contributed by atoms with Crippen LogP contribution >= 0.6 is 23.2 Å². The molecule has 1 fully saturated rings. The Morgan fingerprint density at radius 2 is 1.88 bits per heavy atom. The molecule has 0 bridgehead atoms. The van der Waals surface area contributed by atoms with Crippen LogP contribution < -0.4 is 10.2 Å². The second-order valence-corrected chi connectivity index (χ2v) is 6.34. The zero-order valence-corrected chi connectivity index (χ0v) is 13.9. The molecule has 3 rings (SSSR count). The highest BCUT2D eigenvalue weighted by Gasteiger charge is 2.35. The molecule has 7 heteroatoms. The van der Waals surface area contributed by atoms with E-state index < -0.39 is 5.92 Å². The molecular formula is C17H13Cl2FN2O2. The molecule has 1 saturated heterocycles. The highest BCUT2D eigenvalue weighted by Crippen LogP contribution is 2.29. The molecule has 2 aromatic carbocycles. The minimum absolute atomic E-state index is 0.0847. The summed E-state index contributed by atoms with van der Waals surface area (Å²) in [7, 11) is 0. The van der Waals surface area contributed by atoms with Crippen LogP contribution in [0.4, 0.5) is 15.8 Å². The van der Waals surface area contributed by atoms with Gasteiger partial charge in [-0.25, -0.2) is 4.39 Å². The van der Waals surface area contributed by atoms with Crippen molar-refractivity contribution in [2.75, 3.05) is 16.8 Å². The lowest BCUT2D eigenvalue weighted by Crippen LogP contribution is -2.28. The Labute approximate surface area is 148 Å². The maximum absolute atomic E-state index is 13.0. The van der Waals surface area contributed by atoms with Crippen molar-refractivity contribution in [3.8, 4) is 0 Å². The number of hydrogen-bond donors (Lipinski definition) is 1. The van der Waals surface area contributed by atoms with Crippen molar-refractivity contribution in [2.45, 2.75) is 6.42 Å². The van der Waals surface area contributed by atoms with Gasteiger partial charge < -0.3 is 10.2 Å². The number of benzene rings is 2. The van der Waals surface area contributed by atoms with Gasteiger partial charge in [0.15, 0.2) is 0 Å². The van der Waals surface area contributed by atoms with Crippen LogP contribution in [-0.4, -0.2) is 18.4 Å². The topological polar surface area (TPSA) is 49.4 Å². The van der Waals surface area contributed by atoms with Crippen LogP contribution in [0.1, 0.15) is 6.42 Å². The quantitative estimate of drug-likeness (QED) is 0.887. The molecule has 1 aliphatic rings. The molecule has 124 valence electrons. The summed E-state index contributed by atoms with van der Waals surface area (Å²) in [6.07, 6.45) is 0.0847. The normalized spacial score (nSPS) is 17.2. The van der Waals surface area contributed by atoms with Gasteiger partial charge in [0.1, 0.15) is 5.82 Å². The second-order valence-electron chi connectivity index (χ2n) is 5.50. The first kappa shape index (κ1) is 16.7. The minimum atomic E-state index is -0.516. The van der Waals surface area contributed by atoms with Gasteiger partial charge in [-0.3, -0.25) is 9.59 Å². The van der Waals surface area contributed by atoms with Gasteiger partial charge >= 0.3 is 0 Å². The fourth-order valence-electron chi connectivity index (χ4n) is 2.58. The number of nitrogens with one attached hydrogen (secondary N) is 1. The standard InChI is InChI=1S/C17H13Cl2FN2O2/c18-11-1-6-14(19)15(8-11)21-17(24)10-7-16(23)22(9-10)13-4-2-12(20)3-5-13/h1-6,8,10H,7,9H2,(H,21,24). The highest BCUT2D eigenvalue weighted by atomic mass is 35.5. The molecule has 1 aliphatic heterocycles. The van der Waals surface area contributed by atoms with Crippen LogP contribution in [0.25, 0.3) is 0 Å². The zero-order chi connectivity index (χ0) is 17.3. The van der Waals surface area contributed by atoms with Crippen LogP contribution in [0.3, 0.4) is 0 Å². The van der Waals surface area contributed by atoms with Crippen LogP contribution in [0, 0.1) is 11.7 Å². The van der Waals surface area contributed by atoms with Crippen LogP contribution in [0.2, 0.25) is 10.0 Å². The summed E-state index contributed by atoms with van der Waals surface area (Å²) < 4.78 is 13.0. The lowest BCUT2D eigenvalue weighted by Gasteiger charge is -2.17. The summed E-state index contributed by atoms with van der Waals surface area (Å²) in [5.41, 5.74) is 0.972. The van der Waals surface area contributed by atoms with Crippen LogP contribution in [0.15, 0.2) is 42.5 Å². The number of carbonyl (C=O) groups excluding carboxylic acids is 2. The van der Waals surface area contributed by atoms with Crippen LogP contribution in [-0.2, 0) is 9.59 Å². The van der Waals surface area contributed by atoms with Gasteiger partial charge in [0.05, 0.1) is 16.6 Å². The predicted molar refractivity (Wildman–Crippen MR) is 92.0 cm³/mol. The molecule has 0 radical (unpaired) electrons. The Kier molecular flexibility index (Phi) is 4.73. The molecule has 1 unspecified atom stereocenters. The van der Waals surface area contributed by atoms with E-state index in [0.717, 1.165) is 0 Å². The first-order valence-corrected chi connectivity index (χ1v) is 8.01. The first-order valence-electron chi connectivity index (χ1n) is 7.26. The van der Waals surface area contributed by atoms with Gasteiger partial charge in [-0.15, -0.1) is 0 Å². The summed E-state index contributed by atoms with van der Waals surface area (Å²) in [6.45, 7) is 0.231. The molecule has 2 amide bonds. The zero-order valence-electron chi connectivity index (χ0n) is 12.4. The fourth-order valence-corrected chi connectivity index (χ4v) is 2.92. The maximum atomic E-state index is 13.0. The fraction of sp³-hybridized carbons (Fsp3) is 0.176. The number of anilines is 2. The summed E-state index contributed by atoms with van der Waals surface area (Å²) in [5.74, 6) is -1.39. The monoisotopic (exact) mass is 366 g/mol. The summed E-state index contributed by atoms with van der Waals surface area (Å²) in [5, 5.41) is 3.52. The molecule has 0 aromatic heterocycles. The van der Waals surface area contributed by atoms with Crippen molar-refractivity contribution in [1.82, 2.24) is 0 Å². The van der Waals surface area contributed by atoms with E-state index in [-0.39, 0.29) is 30.6 Å². The number of carbonyl (C=O) groups is 2. The van der Waals surface area contributed by atoms with E-state index in [1.165, 1.54) is 29.2 Å². The van der Waals surface area contributed by atoms with Gasteiger partial charge in [-0.1, -0.05) is 23.2 Å². The Morgan fingerprint density at radius 3 is 2.58 bits per heavy atom. The second kappa shape index (κ2) is 6.79. The largest absolute Gasteiger partial charge is 0.324 e. The van der Waals surface area contributed by atoms with Gasteiger partial charge in [0.2, 0.25) is 11.8 Å². The van der Waals surface area contributed by atoms with Crippen LogP contribution in [0.5, 0.6) is 0 Å². The summed E-state index contributed by atoms with van der Waals surface area (Å²) in [6, 6.07) is 10.3. The van der Waals surface area contributed by atoms with Crippen molar-refractivity contribution in [3.05, 3.63) is 58.3 Å². The van der Waals surface area contributed by atoms with Crippen molar-refractivity contribution < 1.29 is 14.0 Å². The smallest absolute Gasteiger partial charge is 0.229 e. The lowest BCUT2D eigenvalue weighted by atomic mass is 10.1. The van der Waals surface area contributed by atoms with Gasteiger partial charge in [-0.2, -0.15) is 0 Å². The molecule has 1 N–H and O–H groups in total. The molecule has 4 nitrogen and oxygen atoms in total. The van der Waals surface area contributed by atoms with E-state index in [1.807, 2.05) is 0 Å². The third-order valence-electron chi connectivity index (χ3n) is 3.82. The number of rotatable bonds is 3. The Bertz CT molecular complexity index is 796.